The van der Waals surface area contributed by atoms with Crippen molar-refractivity contribution < 1.29 is 9.53 Å². The van der Waals surface area contributed by atoms with E-state index in [4.69, 9.17) is 27.3 Å². The average Bonchev–Trinajstić information content (AvgIpc) is 2.78. The van der Waals surface area contributed by atoms with E-state index < -0.39 is 5.91 Å². The number of nitrogen functional groups attached to an aromatic ring is 1. The minimum absolute atomic E-state index is 0.00439. The van der Waals surface area contributed by atoms with Crippen LogP contribution in [-0.2, 0) is 0 Å². The standard InChI is InChI=1S/C12H9ClN4O2/c13-9-3-1-2-4-10(9)19-7-11(18)17-12(15)8(5-14)6-16-17/h1-4,6H,7,15H2. The maximum Gasteiger partial charge on any atom is 0.286 e. The Balaban J connectivity index is 2.08. The summed E-state index contributed by atoms with van der Waals surface area (Å²) in [6.45, 7) is -0.277. The lowest BCUT2D eigenvalue weighted by atomic mass is 10.3. The largest absolute Gasteiger partial charge is 0.482 e. The second-order valence-electron chi connectivity index (χ2n) is 3.58. The predicted octanol–water partition coefficient (Wildman–Crippen LogP) is 1.71. The summed E-state index contributed by atoms with van der Waals surface area (Å²) in [6, 6.07) is 8.61. The molecule has 0 fully saturated rings. The highest BCUT2D eigenvalue weighted by Crippen LogP contribution is 2.23. The number of nitrogens with zero attached hydrogens (tertiary/aromatic N) is 3. The number of rotatable bonds is 3. The summed E-state index contributed by atoms with van der Waals surface area (Å²) in [6.07, 6.45) is 1.22. The first-order valence-electron chi connectivity index (χ1n) is 5.27. The number of nitriles is 1. The summed E-state index contributed by atoms with van der Waals surface area (Å²) in [4.78, 5) is 11.8. The molecule has 6 nitrogen and oxygen atoms in total. The van der Waals surface area contributed by atoms with E-state index in [2.05, 4.69) is 5.10 Å². The molecule has 1 heterocycles. The molecule has 0 spiro atoms. The van der Waals surface area contributed by atoms with E-state index >= 15 is 0 Å². The smallest absolute Gasteiger partial charge is 0.286 e. The maximum absolute atomic E-state index is 11.8. The molecule has 0 radical (unpaired) electrons. The SMILES string of the molecule is N#Cc1cnn(C(=O)COc2ccccc2Cl)c1N. The summed E-state index contributed by atoms with van der Waals surface area (Å²) in [5, 5.41) is 12.8. The molecule has 0 aliphatic carbocycles. The number of nitrogens with two attached hydrogens (primary N) is 1. The van der Waals surface area contributed by atoms with Gasteiger partial charge in [-0.25, -0.2) is 0 Å². The summed E-state index contributed by atoms with van der Waals surface area (Å²) in [7, 11) is 0. The van der Waals surface area contributed by atoms with Gasteiger partial charge in [0, 0.05) is 0 Å². The Bertz CT molecular complexity index is 660. The Morgan fingerprint density at radius 1 is 1.53 bits per heavy atom. The minimum atomic E-state index is -0.487. The van der Waals surface area contributed by atoms with Crippen LogP contribution in [0.1, 0.15) is 10.4 Å². The van der Waals surface area contributed by atoms with Crippen molar-refractivity contribution in [3.05, 3.63) is 41.0 Å². The van der Waals surface area contributed by atoms with Crippen LogP contribution in [0.15, 0.2) is 30.5 Å². The molecule has 96 valence electrons. The molecule has 0 aliphatic rings. The van der Waals surface area contributed by atoms with Crippen LogP contribution in [0.5, 0.6) is 5.75 Å². The minimum Gasteiger partial charge on any atom is -0.482 e. The van der Waals surface area contributed by atoms with E-state index in [1.54, 1.807) is 24.3 Å². The fourth-order valence-corrected chi connectivity index (χ4v) is 1.60. The summed E-state index contributed by atoms with van der Waals surface area (Å²) in [5.74, 6) is -0.0991. The van der Waals surface area contributed by atoms with Gasteiger partial charge in [-0.05, 0) is 12.1 Å². The van der Waals surface area contributed by atoms with E-state index in [1.807, 2.05) is 6.07 Å². The van der Waals surface area contributed by atoms with Crippen LogP contribution < -0.4 is 10.5 Å². The molecule has 0 amide bonds. The second kappa shape index (κ2) is 5.42. The van der Waals surface area contributed by atoms with Crippen LogP contribution in [0.3, 0.4) is 0 Å². The van der Waals surface area contributed by atoms with Gasteiger partial charge in [0.15, 0.2) is 6.61 Å². The van der Waals surface area contributed by atoms with Gasteiger partial charge < -0.3 is 10.5 Å². The van der Waals surface area contributed by atoms with Gasteiger partial charge in [0.2, 0.25) is 0 Å². The predicted molar refractivity (Wildman–Crippen MR) is 68.9 cm³/mol. The maximum atomic E-state index is 11.8. The van der Waals surface area contributed by atoms with Crippen molar-refractivity contribution in [3.8, 4) is 11.8 Å². The van der Waals surface area contributed by atoms with Gasteiger partial charge in [0.25, 0.3) is 5.91 Å². The van der Waals surface area contributed by atoms with E-state index in [0.717, 1.165) is 4.68 Å². The van der Waals surface area contributed by atoms with E-state index in [-0.39, 0.29) is 18.0 Å². The van der Waals surface area contributed by atoms with Crippen LogP contribution in [-0.4, -0.2) is 22.3 Å². The average molecular weight is 277 g/mol. The van der Waals surface area contributed by atoms with Crippen LogP contribution in [0, 0.1) is 11.3 Å². The topological polar surface area (TPSA) is 93.9 Å². The number of hydrogen-bond acceptors (Lipinski definition) is 5. The molecule has 0 bridgehead atoms. The van der Waals surface area contributed by atoms with Gasteiger partial charge >= 0.3 is 0 Å². The van der Waals surface area contributed by atoms with Crippen molar-refractivity contribution >= 4 is 23.3 Å². The van der Waals surface area contributed by atoms with Gasteiger partial charge in [-0.2, -0.15) is 15.0 Å². The van der Waals surface area contributed by atoms with Crippen molar-refractivity contribution in [3.63, 3.8) is 0 Å². The van der Waals surface area contributed by atoms with Crippen LogP contribution in [0.2, 0.25) is 5.02 Å². The lowest BCUT2D eigenvalue weighted by Crippen LogP contribution is -2.22. The molecular weight excluding hydrogens is 268 g/mol. The molecule has 7 heteroatoms. The van der Waals surface area contributed by atoms with Gasteiger partial charge in [-0.3, -0.25) is 4.79 Å². The normalized spacial score (nSPS) is 9.89. The molecule has 0 unspecified atom stereocenters. The number of carbonyl (C=O) groups is 1. The quantitative estimate of drug-likeness (QED) is 0.921. The molecule has 2 N–H and O–H groups in total. The first-order chi connectivity index (χ1) is 9.13. The third-order valence-electron chi connectivity index (χ3n) is 2.35. The van der Waals surface area contributed by atoms with Crippen LogP contribution in [0.25, 0.3) is 0 Å². The van der Waals surface area contributed by atoms with E-state index in [1.165, 1.54) is 6.20 Å². The molecule has 1 aromatic carbocycles. The number of anilines is 1. The third-order valence-corrected chi connectivity index (χ3v) is 2.66. The molecule has 0 atom stereocenters. The lowest BCUT2D eigenvalue weighted by Gasteiger charge is -2.07. The molecule has 19 heavy (non-hydrogen) atoms. The molecule has 1 aromatic heterocycles. The first kappa shape index (κ1) is 12.9. The zero-order chi connectivity index (χ0) is 13.8. The number of carbonyl (C=O) groups excluding carboxylic acids is 1. The van der Waals surface area contributed by atoms with Gasteiger partial charge in [0.05, 0.1) is 11.2 Å². The molecule has 0 saturated carbocycles. The summed E-state index contributed by atoms with van der Waals surface area (Å²) < 4.78 is 6.20. The van der Waals surface area contributed by atoms with Gasteiger partial charge in [-0.1, -0.05) is 23.7 Å². The van der Waals surface area contributed by atoms with E-state index in [9.17, 15) is 4.79 Å². The highest BCUT2D eigenvalue weighted by Gasteiger charge is 2.14. The van der Waals surface area contributed by atoms with Crippen LogP contribution in [0.4, 0.5) is 5.82 Å². The Morgan fingerprint density at radius 3 is 2.89 bits per heavy atom. The molecule has 0 aliphatic heterocycles. The van der Waals surface area contributed by atoms with Crippen molar-refractivity contribution in [1.82, 2.24) is 9.78 Å². The molecule has 2 rings (SSSR count). The fraction of sp³-hybridized carbons (Fsp3) is 0.0833. The third kappa shape index (κ3) is 2.67. The number of aromatic nitrogens is 2. The highest BCUT2D eigenvalue weighted by molar-refractivity contribution is 6.32. The molecule has 2 aromatic rings. The van der Waals surface area contributed by atoms with E-state index in [0.29, 0.717) is 10.8 Å². The van der Waals surface area contributed by atoms with Gasteiger partial charge in [0.1, 0.15) is 23.2 Å². The van der Waals surface area contributed by atoms with Crippen molar-refractivity contribution in [1.29, 1.82) is 5.26 Å². The van der Waals surface area contributed by atoms with Gasteiger partial charge in [-0.15, -0.1) is 0 Å². The fourth-order valence-electron chi connectivity index (χ4n) is 1.41. The Kier molecular flexibility index (Phi) is 3.68. The first-order valence-corrected chi connectivity index (χ1v) is 5.65. The Labute approximate surface area is 114 Å². The van der Waals surface area contributed by atoms with Crippen molar-refractivity contribution in [2.45, 2.75) is 0 Å². The Morgan fingerprint density at radius 2 is 2.26 bits per heavy atom. The lowest BCUT2D eigenvalue weighted by molar-refractivity contribution is 0.0824. The number of hydrogen-bond donors (Lipinski definition) is 1. The zero-order valence-corrected chi connectivity index (χ0v) is 10.5. The number of ether oxygens (including phenoxy) is 1. The zero-order valence-electron chi connectivity index (χ0n) is 9.71. The number of benzene rings is 1. The monoisotopic (exact) mass is 276 g/mol. The van der Waals surface area contributed by atoms with Crippen molar-refractivity contribution in [2.24, 2.45) is 0 Å². The summed E-state index contributed by atoms with van der Waals surface area (Å²) in [5.41, 5.74) is 5.73. The molecule has 0 saturated heterocycles. The number of halogens is 1. The van der Waals surface area contributed by atoms with Crippen LogP contribution >= 0.6 is 11.6 Å². The van der Waals surface area contributed by atoms with Crippen molar-refractivity contribution in [2.75, 3.05) is 12.3 Å². The summed E-state index contributed by atoms with van der Waals surface area (Å²) >= 11 is 5.89. The Hall–Kier alpha value is -2.52. The number of para-hydroxylation sites is 1. The highest BCUT2D eigenvalue weighted by atomic mass is 35.5. The molecular formula is C12H9ClN4O2. The second-order valence-corrected chi connectivity index (χ2v) is 3.99.